The first-order chi connectivity index (χ1) is 10.3. The number of hydrogen-bond donors (Lipinski definition) is 1. The van der Waals surface area contributed by atoms with Crippen LogP contribution in [0, 0.1) is 0 Å². The molecule has 0 saturated carbocycles. The summed E-state index contributed by atoms with van der Waals surface area (Å²) in [5.74, 6) is 0. The summed E-state index contributed by atoms with van der Waals surface area (Å²) in [4.78, 5) is 0. The van der Waals surface area contributed by atoms with Crippen molar-refractivity contribution in [3.05, 3.63) is 34.3 Å². The Morgan fingerprint density at radius 2 is 2.29 bits per heavy atom. The summed E-state index contributed by atoms with van der Waals surface area (Å²) < 4.78 is 11.2. The molecule has 2 atom stereocenters. The van der Waals surface area contributed by atoms with Crippen molar-refractivity contribution in [2.75, 3.05) is 26.4 Å². The highest BCUT2D eigenvalue weighted by Gasteiger charge is 2.21. The normalized spacial score (nSPS) is 24.4. The van der Waals surface area contributed by atoms with Gasteiger partial charge in [0.15, 0.2) is 0 Å². The molecule has 21 heavy (non-hydrogen) atoms. The molecule has 2 unspecified atom stereocenters. The van der Waals surface area contributed by atoms with Crippen LogP contribution in [-0.4, -0.2) is 32.5 Å². The van der Waals surface area contributed by atoms with Crippen molar-refractivity contribution >= 4 is 11.6 Å². The average molecular weight is 310 g/mol. The summed E-state index contributed by atoms with van der Waals surface area (Å²) in [6, 6.07) is 6.74. The number of nitrogens with one attached hydrogen (secondary N) is 1. The molecule has 0 amide bonds. The van der Waals surface area contributed by atoms with Crippen molar-refractivity contribution in [3.8, 4) is 0 Å². The predicted molar refractivity (Wildman–Crippen MR) is 84.9 cm³/mol. The van der Waals surface area contributed by atoms with Gasteiger partial charge in [-0.1, -0.05) is 17.7 Å². The summed E-state index contributed by atoms with van der Waals surface area (Å²) in [6.45, 7) is 3.47. The first-order valence-electron chi connectivity index (χ1n) is 8.04. The maximum atomic E-state index is 6.04. The van der Waals surface area contributed by atoms with Crippen molar-refractivity contribution in [2.24, 2.45) is 0 Å². The Balaban J connectivity index is 1.32. The molecule has 0 spiro atoms. The summed E-state index contributed by atoms with van der Waals surface area (Å²) in [5, 5.41) is 4.48. The van der Waals surface area contributed by atoms with Crippen LogP contribution in [-0.2, 0) is 15.9 Å². The number of aryl methyl sites for hydroxylation is 1. The van der Waals surface area contributed by atoms with E-state index in [0.717, 1.165) is 50.7 Å². The molecule has 4 heteroatoms. The van der Waals surface area contributed by atoms with Gasteiger partial charge in [0.1, 0.15) is 0 Å². The molecular weight excluding hydrogens is 286 g/mol. The van der Waals surface area contributed by atoms with Crippen LogP contribution in [0.25, 0.3) is 0 Å². The van der Waals surface area contributed by atoms with E-state index < -0.39 is 0 Å². The maximum absolute atomic E-state index is 6.04. The van der Waals surface area contributed by atoms with Crippen molar-refractivity contribution in [3.63, 3.8) is 0 Å². The third-order valence-electron chi connectivity index (χ3n) is 4.37. The summed E-state index contributed by atoms with van der Waals surface area (Å²) >= 11 is 6.04. The minimum absolute atomic E-state index is 0.337. The molecule has 1 aromatic carbocycles. The molecule has 1 aliphatic heterocycles. The lowest BCUT2D eigenvalue weighted by atomic mass is 10.1. The van der Waals surface area contributed by atoms with E-state index in [1.165, 1.54) is 24.0 Å². The second kappa shape index (κ2) is 7.59. The number of fused-ring (bicyclic) bond motifs is 1. The molecular formula is C17H24ClNO2. The Bertz CT molecular complexity index is 460. The number of ether oxygens (including phenoxy) is 2. The van der Waals surface area contributed by atoms with Gasteiger partial charge >= 0.3 is 0 Å². The molecule has 1 N–H and O–H groups in total. The van der Waals surface area contributed by atoms with Gasteiger partial charge in [0.2, 0.25) is 0 Å². The van der Waals surface area contributed by atoms with E-state index in [-0.39, 0.29) is 0 Å². The predicted octanol–water partition coefficient (Wildman–Crippen LogP) is 3.50. The Morgan fingerprint density at radius 3 is 3.14 bits per heavy atom. The lowest BCUT2D eigenvalue weighted by Crippen LogP contribution is -2.22. The van der Waals surface area contributed by atoms with Crippen molar-refractivity contribution < 1.29 is 9.47 Å². The fourth-order valence-electron chi connectivity index (χ4n) is 3.24. The van der Waals surface area contributed by atoms with Gasteiger partial charge < -0.3 is 14.8 Å². The van der Waals surface area contributed by atoms with Gasteiger partial charge in [-0.2, -0.15) is 0 Å². The van der Waals surface area contributed by atoms with Crippen LogP contribution in [0.4, 0.5) is 0 Å². The zero-order valence-electron chi connectivity index (χ0n) is 12.4. The van der Waals surface area contributed by atoms with E-state index in [1.807, 2.05) is 6.07 Å². The smallest absolute Gasteiger partial charge is 0.0809 e. The second-order valence-electron chi connectivity index (χ2n) is 5.95. The number of rotatable bonds is 7. The molecule has 1 heterocycles. The van der Waals surface area contributed by atoms with Crippen LogP contribution in [0.5, 0.6) is 0 Å². The van der Waals surface area contributed by atoms with Gasteiger partial charge in [-0.05, 0) is 61.9 Å². The Labute approximate surface area is 132 Å². The van der Waals surface area contributed by atoms with Gasteiger partial charge in [0.05, 0.1) is 12.7 Å². The zero-order valence-corrected chi connectivity index (χ0v) is 13.2. The number of hydrogen-bond acceptors (Lipinski definition) is 3. The van der Waals surface area contributed by atoms with E-state index in [1.54, 1.807) is 0 Å². The first kappa shape index (κ1) is 15.3. The topological polar surface area (TPSA) is 30.5 Å². The Morgan fingerprint density at radius 1 is 1.33 bits per heavy atom. The van der Waals surface area contributed by atoms with E-state index in [0.29, 0.717) is 12.1 Å². The van der Waals surface area contributed by atoms with Crippen molar-refractivity contribution in [1.29, 1.82) is 0 Å². The standard InChI is InChI=1S/C17H24ClNO2/c18-14-5-6-16-13(11-14)4-7-17(16)19-8-2-9-20-12-15-3-1-10-21-15/h5-6,11,15,17,19H,1-4,7-10,12H2. The van der Waals surface area contributed by atoms with Crippen molar-refractivity contribution in [2.45, 2.75) is 44.2 Å². The largest absolute Gasteiger partial charge is 0.379 e. The van der Waals surface area contributed by atoms with Gasteiger partial charge in [-0.3, -0.25) is 0 Å². The van der Waals surface area contributed by atoms with Gasteiger partial charge in [0.25, 0.3) is 0 Å². The highest BCUT2D eigenvalue weighted by atomic mass is 35.5. The molecule has 3 rings (SSSR count). The van der Waals surface area contributed by atoms with Crippen LogP contribution in [0.3, 0.4) is 0 Å². The molecule has 0 radical (unpaired) electrons. The SMILES string of the molecule is Clc1ccc2c(c1)CCC2NCCCOCC1CCCO1. The second-order valence-corrected chi connectivity index (χ2v) is 6.39. The van der Waals surface area contributed by atoms with Gasteiger partial charge in [0, 0.05) is 24.3 Å². The summed E-state index contributed by atoms with van der Waals surface area (Å²) in [5.41, 5.74) is 2.81. The lowest BCUT2D eigenvalue weighted by Gasteiger charge is -2.14. The first-order valence-corrected chi connectivity index (χ1v) is 8.42. The molecule has 3 nitrogen and oxygen atoms in total. The van der Waals surface area contributed by atoms with Crippen LogP contribution in [0.1, 0.15) is 42.9 Å². The zero-order chi connectivity index (χ0) is 14.5. The monoisotopic (exact) mass is 309 g/mol. The van der Waals surface area contributed by atoms with E-state index in [9.17, 15) is 0 Å². The Hall–Kier alpha value is -0.610. The third-order valence-corrected chi connectivity index (χ3v) is 4.60. The molecule has 0 aromatic heterocycles. The van der Waals surface area contributed by atoms with Gasteiger partial charge in [-0.15, -0.1) is 0 Å². The van der Waals surface area contributed by atoms with Gasteiger partial charge in [-0.25, -0.2) is 0 Å². The van der Waals surface area contributed by atoms with Crippen LogP contribution in [0.2, 0.25) is 5.02 Å². The quantitative estimate of drug-likeness (QED) is 0.782. The fourth-order valence-corrected chi connectivity index (χ4v) is 3.43. The molecule has 2 aliphatic rings. The number of benzene rings is 1. The molecule has 1 aliphatic carbocycles. The molecule has 1 fully saturated rings. The maximum Gasteiger partial charge on any atom is 0.0809 e. The third kappa shape index (κ3) is 4.19. The molecule has 1 saturated heterocycles. The summed E-state index contributed by atoms with van der Waals surface area (Å²) in [6.07, 6.45) is 6.02. The summed E-state index contributed by atoms with van der Waals surface area (Å²) in [7, 11) is 0. The Kier molecular flexibility index (Phi) is 5.53. The van der Waals surface area contributed by atoms with E-state index in [2.05, 4.69) is 17.4 Å². The average Bonchev–Trinajstić information content (AvgIpc) is 3.12. The lowest BCUT2D eigenvalue weighted by molar-refractivity contribution is 0.0165. The van der Waals surface area contributed by atoms with Crippen LogP contribution < -0.4 is 5.32 Å². The minimum atomic E-state index is 0.337. The van der Waals surface area contributed by atoms with Crippen LogP contribution in [0.15, 0.2) is 18.2 Å². The minimum Gasteiger partial charge on any atom is -0.379 e. The van der Waals surface area contributed by atoms with Crippen molar-refractivity contribution in [1.82, 2.24) is 5.32 Å². The highest BCUT2D eigenvalue weighted by Crippen LogP contribution is 2.32. The fraction of sp³-hybridized carbons (Fsp3) is 0.647. The number of halogens is 1. The molecule has 0 bridgehead atoms. The highest BCUT2D eigenvalue weighted by molar-refractivity contribution is 6.30. The molecule has 116 valence electrons. The van der Waals surface area contributed by atoms with Crippen LogP contribution >= 0.6 is 11.6 Å². The van der Waals surface area contributed by atoms with E-state index >= 15 is 0 Å². The van der Waals surface area contributed by atoms with E-state index in [4.69, 9.17) is 21.1 Å². The molecule has 1 aromatic rings.